The van der Waals surface area contributed by atoms with Crippen molar-refractivity contribution in [3.63, 3.8) is 0 Å². The van der Waals surface area contributed by atoms with Crippen molar-refractivity contribution in [1.82, 2.24) is 0 Å². The molecule has 1 fully saturated rings. The van der Waals surface area contributed by atoms with Gasteiger partial charge in [0.15, 0.2) is 0 Å². The van der Waals surface area contributed by atoms with E-state index in [9.17, 15) is 14.3 Å². The van der Waals surface area contributed by atoms with Crippen molar-refractivity contribution >= 4 is 21.9 Å². The molecule has 0 amide bonds. The number of carboxylic acid groups (broad SMARTS) is 1. The zero-order valence-electron chi connectivity index (χ0n) is 10.2. The number of halogens is 2. The highest BCUT2D eigenvalue weighted by atomic mass is 79.9. The molecule has 2 atom stereocenters. The second-order valence-electron chi connectivity index (χ2n) is 5.35. The third kappa shape index (κ3) is 2.58. The molecule has 0 saturated heterocycles. The van der Waals surface area contributed by atoms with Gasteiger partial charge >= 0.3 is 5.97 Å². The van der Waals surface area contributed by atoms with Gasteiger partial charge in [-0.3, -0.25) is 4.79 Å². The molecule has 0 spiro atoms. The van der Waals surface area contributed by atoms with E-state index < -0.39 is 11.4 Å². The number of hydrogen-bond acceptors (Lipinski definition) is 1. The maximum atomic E-state index is 13.7. The fourth-order valence-corrected chi connectivity index (χ4v) is 3.28. The molecule has 1 aromatic carbocycles. The van der Waals surface area contributed by atoms with E-state index in [1.807, 2.05) is 0 Å². The number of rotatable bonds is 3. The van der Waals surface area contributed by atoms with Crippen LogP contribution in [0.2, 0.25) is 0 Å². The summed E-state index contributed by atoms with van der Waals surface area (Å²) in [5, 5.41) is 9.47. The highest BCUT2D eigenvalue weighted by Crippen LogP contribution is 2.44. The van der Waals surface area contributed by atoms with E-state index in [0.29, 0.717) is 24.3 Å². The molecule has 98 valence electrons. The molecule has 2 nitrogen and oxygen atoms in total. The summed E-state index contributed by atoms with van der Waals surface area (Å²) >= 11 is 3.30. The van der Waals surface area contributed by atoms with Crippen LogP contribution in [-0.2, 0) is 11.2 Å². The second kappa shape index (κ2) is 5.00. The van der Waals surface area contributed by atoms with Crippen molar-refractivity contribution in [2.75, 3.05) is 0 Å². The lowest BCUT2D eigenvalue weighted by Crippen LogP contribution is -2.31. The van der Waals surface area contributed by atoms with E-state index in [0.717, 1.165) is 10.9 Å². The van der Waals surface area contributed by atoms with Crippen LogP contribution in [0.1, 0.15) is 31.7 Å². The minimum Gasteiger partial charge on any atom is -0.481 e. The summed E-state index contributed by atoms with van der Waals surface area (Å²) in [6.07, 6.45) is 2.45. The zero-order chi connectivity index (χ0) is 13.3. The topological polar surface area (TPSA) is 37.3 Å². The van der Waals surface area contributed by atoms with Crippen LogP contribution >= 0.6 is 15.9 Å². The second-order valence-corrected chi connectivity index (χ2v) is 6.26. The third-order valence-corrected chi connectivity index (χ3v) is 4.34. The van der Waals surface area contributed by atoms with E-state index in [-0.39, 0.29) is 12.2 Å². The Morgan fingerprint density at radius 1 is 1.61 bits per heavy atom. The minimum atomic E-state index is -0.800. The molecule has 0 aliphatic heterocycles. The monoisotopic (exact) mass is 314 g/mol. The summed E-state index contributed by atoms with van der Waals surface area (Å²) in [5.74, 6) is -0.721. The summed E-state index contributed by atoms with van der Waals surface area (Å²) in [6.45, 7) is 2.06. The summed E-state index contributed by atoms with van der Waals surface area (Å²) in [5.41, 5.74) is -0.304. The van der Waals surface area contributed by atoms with Gasteiger partial charge in [-0.2, -0.15) is 0 Å². The normalized spacial score (nSPS) is 27.4. The maximum Gasteiger partial charge on any atom is 0.309 e. The number of hydrogen-bond donors (Lipinski definition) is 1. The van der Waals surface area contributed by atoms with E-state index >= 15 is 0 Å². The van der Waals surface area contributed by atoms with Crippen LogP contribution in [0.5, 0.6) is 0 Å². The fourth-order valence-electron chi connectivity index (χ4n) is 2.87. The number of aliphatic carboxylic acids is 1. The van der Waals surface area contributed by atoms with Gasteiger partial charge in [0.2, 0.25) is 0 Å². The van der Waals surface area contributed by atoms with E-state index in [4.69, 9.17) is 0 Å². The van der Waals surface area contributed by atoms with Crippen LogP contribution in [0.3, 0.4) is 0 Å². The Kier molecular flexibility index (Phi) is 3.76. The van der Waals surface area contributed by atoms with Gasteiger partial charge in [0, 0.05) is 4.47 Å². The molecule has 18 heavy (non-hydrogen) atoms. The van der Waals surface area contributed by atoms with Gasteiger partial charge in [-0.15, -0.1) is 0 Å². The van der Waals surface area contributed by atoms with Gasteiger partial charge in [0.1, 0.15) is 5.82 Å². The molecule has 1 saturated carbocycles. The Balaban J connectivity index is 2.30. The molecular weight excluding hydrogens is 299 g/mol. The Morgan fingerprint density at radius 3 is 2.89 bits per heavy atom. The molecule has 2 unspecified atom stereocenters. The zero-order valence-corrected chi connectivity index (χ0v) is 11.8. The standard InChI is InChI=1S/C14H16BrFO2/c1-9-4-5-14(7-9,13(17)18)8-10-6-11(15)2-3-12(10)16/h2-3,6,9H,4-5,7-8H2,1H3,(H,17,18). The van der Waals surface area contributed by atoms with Crippen molar-refractivity contribution in [3.8, 4) is 0 Å². The van der Waals surface area contributed by atoms with E-state index in [1.54, 1.807) is 12.1 Å². The molecule has 1 aliphatic carbocycles. The lowest BCUT2D eigenvalue weighted by molar-refractivity contribution is -0.148. The van der Waals surface area contributed by atoms with Gasteiger partial charge in [0.25, 0.3) is 0 Å². The van der Waals surface area contributed by atoms with Crippen LogP contribution in [0.4, 0.5) is 4.39 Å². The number of carboxylic acids is 1. The number of carbonyl (C=O) groups is 1. The van der Waals surface area contributed by atoms with Crippen LogP contribution < -0.4 is 0 Å². The first-order valence-electron chi connectivity index (χ1n) is 6.10. The van der Waals surface area contributed by atoms with Gasteiger partial charge in [-0.25, -0.2) is 4.39 Å². The molecular formula is C14H16BrFO2. The molecule has 2 rings (SSSR count). The Labute approximate surface area is 114 Å². The largest absolute Gasteiger partial charge is 0.481 e. The third-order valence-electron chi connectivity index (χ3n) is 3.85. The van der Waals surface area contributed by atoms with Crippen molar-refractivity contribution in [2.24, 2.45) is 11.3 Å². The SMILES string of the molecule is CC1CCC(Cc2cc(Br)ccc2F)(C(=O)O)C1. The molecule has 1 aliphatic rings. The van der Waals surface area contributed by atoms with Crippen molar-refractivity contribution in [2.45, 2.75) is 32.6 Å². The van der Waals surface area contributed by atoms with Crippen LogP contribution in [0.25, 0.3) is 0 Å². The molecule has 0 aromatic heterocycles. The molecule has 1 aromatic rings. The van der Waals surface area contributed by atoms with Crippen LogP contribution in [-0.4, -0.2) is 11.1 Å². The molecule has 1 N–H and O–H groups in total. The first-order chi connectivity index (χ1) is 8.43. The Morgan fingerprint density at radius 2 is 2.33 bits per heavy atom. The quantitative estimate of drug-likeness (QED) is 0.914. The summed E-state index contributed by atoms with van der Waals surface area (Å²) in [6, 6.07) is 4.69. The van der Waals surface area contributed by atoms with Crippen molar-refractivity contribution < 1.29 is 14.3 Å². The summed E-state index contributed by atoms with van der Waals surface area (Å²) in [7, 11) is 0. The average Bonchev–Trinajstić information content (AvgIpc) is 2.67. The lowest BCUT2D eigenvalue weighted by Gasteiger charge is -2.24. The summed E-state index contributed by atoms with van der Waals surface area (Å²) < 4.78 is 14.5. The van der Waals surface area contributed by atoms with E-state index in [2.05, 4.69) is 22.9 Å². The molecule has 0 radical (unpaired) electrons. The molecule has 0 bridgehead atoms. The molecule has 0 heterocycles. The first kappa shape index (κ1) is 13.5. The van der Waals surface area contributed by atoms with Crippen molar-refractivity contribution in [1.29, 1.82) is 0 Å². The van der Waals surface area contributed by atoms with Gasteiger partial charge in [0.05, 0.1) is 5.41 Å². The van der Waals surface area contributed by atoms with E-state index in [1.165, 1.54) is 6.07 Å². The number of benzene rings is 1. The first-order valence-corrected chi connectivity index (χ1v) is 6.89. The lowest BCUT2D eigenvalue weighted by atomic mass is 9.79. The summed E-state index contributed by atoms with van der Waals surface area (Å²) in [4.78, 5) is 11.5. The minimum absolute atomic E-state index is 0.276. The Hall–Kier alpha value is -0.900. The van der Waals surface area contributed by atoms with Gasteiger partial charge in [-0.1, -0.05) is 22.9 Å². The van der Waals surface area contributed by atoms with Crippen LogP contribution in [0.15, 0.2) is 22.7 Å². The Bertz CT molecular complexity index is 475. The highest BCUT2D eigenvalue weighted by molar-refractivity contribution is 9.10. The smallest absolute Gasteiger partial charge is 0.309 e. The van der Waals surface area contributed by atoms with Crippen molar-refractivity contribution in [3.05, 3.63) is 34.1 Å². The van der Waals surface area contributed by atoms with Gasteiger partial charge < -0.3 is 5.11 Å². The van der Waals surface area contributed by atoms with Crippen LogP contribution in [0, 0.1) is 17.2 Å². The predicted octanol–water partition coefficient (Wildman–Crippen LogP) is 4.02. The maximum absolute atomic E-state index is 13.7. The predicted molar refractivity (Wildman–Crippen MR) is 70.9 cm³/mol. The molecule has 4 heteroatoms. The van der Waals surface area contributed by atoms with Gasteiger partial charge in [-0.05, 0) is 55.4 Å². The highest BCUT2D eigenvalue weighted by Gasteiger charge is 2.44. The average molecular weight is 315 g/mol. The fraction of sp³-hybridized carbons (Fsp3) is 0.500.